The molecule has 92 valence electrons. The zero-order valence-electron chi connectivity index (χ0n) is 10.7. The van der Waals surface area contributed by atoms with Gasteiger partial charge in [-0.3, -0.25) is 4.79 Å². The Morgan fingerprint density at radius 3 is 2.39 bits per heavy atom. The molecule has 0 atom stereocenters. The largest absolute Gasteiger partial charge is 0.399 e. The lowest BCUT2D eigenvalue weighted by Gasteiger charge is -2.14. The van der Waals surface area contributed by atoms with Gasteiger partial charge in [-0.1, -0.05) is 36.4 Å². The third kappa shape index (κ3) is 2.43. The molecule has 2 aromatic carbocycles. The molecule has 0 fully saturated rings. The van der Waals surface area contributed by atoms with Crippen molar-refractivity contribution >= 4 is 11.5 Å². The molecule has 2 N–H and O–H groups in total. The number of benzene rings is 2. The highest BCUT2D eigenvalue weighted by Gasteiger charge is 2.11. The van der Waals surface area contributed by atoms with Crippen LogP contribution >= 0.6 is 0 Å². The summed E-state index contributed by atoms with van der Waals surface area (Å²) in [4.78, 5) is 11.4. The van der Waals surface area contributed by atoms with Crippen LogP contribution in [0, 0.1) is 6.92 Å². The number of hydrogen-bond donors (Lipinski definition) is 1. The van der Waals surface area contributed by atoms with Crippen LogP contribution in [-0.2, 0) is 11.2 Å². The minimum atomic E-state index is 0.154. The van der Waals surface area contributed by atoms with Gasteiger partial charge in [-0.2, -0.15) is 0 Å². The van der Waals surface area contributed by atoms with Crippen LogP contribution in [-0.4, -0.2) is 5.78 Å². The van der Waals surface area contributed by atoms with E-state index < -0.39 is 0 Å². The van der Waals surface area contributed by atoms with Gasteiger partial charge in [0.1, 0.15) is 5.78 Å². The molecule has 0 bridgehead atoms. The molecule has 0 amide bonds. The van der Waals surface area contributed by atoms with Gasteiger partial charge >= 0.3 is 0 Å². The lowest BCUT2D eigenvalue weighted by Crippen LogP contribution is -2.04. The van der Waals surface area contributed by atoms with Crippen molar-refractivity contribution in [1.29, 1.82) is 0 Å². The number of carbonyl (C=O) groups excluding carboxylic acids is 1. The van der Waals surface area contributed by atoms with E-state index in [2.05, 4.69) is 12.1 Å². The van der Waals surface area contributed by atoms with Gasteiger partial charge in [-0.25, -0.2) is 0 Å². The van der Waals surface area contributed by atoms with E-state index in [0.29, 0.717) is 6.42 Å². The molecule has 0 unspecified atom stereocenters. The monoisotopic (exact) mass is 239 g/mol. The molecule has 0 aromatic heterocycles. The fourth-order valence-corrected chi connectivity index (χ4v) is 2.14. The van der Waals surface area contributed by atoms with Crippen LogP contribution in [0.1, 0.15) is 18.1 Å². The number of nitrogen functional groups attached to an aromatic ring is 1. The Balaban J connectivity index is 2.60. The third-order valence-corrected chi connectivity index (χ3v) is 3.15. The van der Waals surface area contributed by atoms with Gasteiger partial charge in [0, 0.05) is 12.1 Å². The summed E-state index contributed by atoms with van der Waals surface area (Å²) < 4.78 is 0. The predicted octanol–water partition coefficient (Wildman–Crippen LogP) is 3.38. The molecule has 0 radical (unpaired) electrons. The fraction of sp³-hybridized carbons (Fsp3) is 0.188. The standard InChI is InChI=1S/C16H17NO/c1-11(18)10-15-12(2)16(17)9-8-14(15)13-6-4-3-5-7-13/h3-9H,10,17H2,1-2H3. The zero-order chi connectivity index (χ0) is 13.1. The number of Topliss-reactive ketones (excluding diaryl/α,β-unsaturated/α-hetero) is 1. The van der Waals surface area contributed by atoms with Crippen molar-refractivity contribution in [3.8, 4) is 11.1 Å². The molecular weight excluding hydrogens is 222 g/mol. The highest BCUT2D eigenvalue weighted by molar-refractivity contribution is 5.83. The summed E-state index contributed by atoms with van der Waals surface area (Å²) in [6.45, 7) is 3.58. The molecular formula is C16H17NO. The molecule has 0 saturated heterocycles. The second-order valence-electron chi connectivity index (χ2n) is 4.55. The van der Waals surface area contributed by atoms with Gasteiger partial charge in [-0.15, -0.1) is 0 Å². The van der Waals surface area contributed by atoms with E-state index in [-0.39, 0.29) is 5.78 Å². The quantitative estimate of drug-likeness (QED) is 0.834. The average molecular weight is 239 g/mol. The zero-order valence-corrected chi connectivity index (χ0v) is 10.7. The van der Waals surface area contributed by atoms with E-state index >= 15 is 0 Å². The fourth-order valence-electron chi connectivity index (χ4n) is 2.14. The van der Waals surface area contributed by atoms with Crippen molar-refractivity contribution in [3.05, 3.63) is 53.6 Å². The molecule has 2 aromatic rings. The first-order chi connectivity index (χ1) is 8.59. The molecule has 2 rings (SSSR count). The first-order valence-electron chi connectivity index (χ1n) is 6.02. The Morgan fingerprint density at radius 2 is 1.78 bits per heavy atom. The van der Waals surface area contributed by atoms with Crippen molar-refractivity contribution in [2.24, 2.45) is 0 Å². The second-order valence-corrected chi connectivity index (χ2v) is 4.55. The Labute approximate surface area is 107 Å². The minimum absolute atomic E-state index is 0.154. The van der Waals surface area contributed by atoms with Gasteiger partial charge in [0.2, 0.25) is 0 Å². The number of ketones is 1. The highest BCUT2D eigenvalue weighted by Crippen LogP contribution is 2.29. The molecule has 0 spiro atoms. The average Bonchev–Trinajstić information content (AvgIpc) is 2.36. The first-order valence-corrected chi connectivity index (χ1v) is 6.02. The van der Waals surface area contributed by atoms with E-state index in [4.69, 9.17) is 5.73 Å². The van der Waals surface area contributed by atoms with Crippen molar-refractivity contribution in [2.75, 3.05) is 5.73 Å². The molecule has 2 heteroatoms. The highest BCUT2D eigenvalue weighted by atomic mass is 16.1. The normalized spacial score (nSPS) is 10.3. The predicted molar refractivity (Wildman–Crippen MR) is 75.4 cm³/mol. The molecule has 0 aliphatic rings. The van der Waals surface area contributed by atoms with E-state index in [1.54, 1.807) is 6.92 Å². The van der Waals surface area contributed by atoms with Gasteiger partial charge in [0.25, 0.3) is 0 Å². The summed E-state index contributed by atoms with van der Waals surface area (Å²) in [6, 6.07) is 14.0. The van der Waals surface area contributed by atoms with Crippen LogP contribution in [0.4, 0.5) is 5.69 Å². The minimum Gasteiger partial charge on any atom is -0.399 e. The summed E-state index contributed by atoms with van der Waals surface area (Å²) in [7, 11) is 0. The summed E-state index contributed by atoms with van der Waals surface area (Å²) in [5.41, 5.74) is 10.9. The van der Waals surface area contributed by atoms with Crippen molar-refractivity contribution in [1.82, 2.24) is 0 Å². The van der Waals surface area contributed by atoms with E-state index in [0.717, 1.165) is 27.9 Å². The van der Waals surface area contributed by atoms with Gasteiger partial charge < -0.3 is 5.73 Å². The van der Waals surface area contributed by atoms with Crippen LogP contribution in [0.5, 0.6) is 0 Å². The topological polar surface area (TPSA) is 43.1 Å². The molecule has 18 heavy (non-hydrogen) atoms. The van der Waals surface area contributed by atoms with Crippen LogP contribution in [0.2, 0.25) is 0 Å². The number of carbonyl (C=O) groups is 1. The van der Waals surface area contributed by atoms with Crippen molar-refractivity contribution < 1.29 is 4.79 Å². The van der Waals surface area contributed by atoms with Gasteiger partial charge in [0.15, 0.2) is 0 Å². The van der Waals surface area contributed by atoms with Crippen LogP contribution < -0.4 is 5.73 Å². The Hall–Kier alpha value is -2.09. The molecule has 0 heterocycles. The van der Waals surface area contributed by atoms with Crippen LogP contribution in [0.25, 0.3) is 11.1 Å². The molecule has 0 aliphatic heterocycles. The summed E-state index contributed by atoms with van der Waals surface area (Å²) in [5.74, 6) is 0.154. The Kier molecular flexibility index (Phi) is 3.47. The van der Waals surface area contributed by atoms with Crippen LogP contribution in [0.15, 0.2) is 42.5 Å². The summed E-state index contributed by atoms with van der Waals surface area (Å²) in [6.07, 6.45) is 0.432. The molecule has 0 aliphatic carbocycles. The SMILES string of the molecule is CC(=O)Cc1c(-c2ccccc2)ccc(N)c1C. The maximum absolute atomic E-state index is 11.4. The van der Waals surface area contributed by atoms with Gasteiger partial charge in [-0.05, 0) is 42.2 Å². The van der Waals surface area contributed by atoms with E-state index in [1.165, 1.54) is 0 Å². The smallest absolute Gasteiger partial charge is 0.134 e. The Bertz CT molecular complexity index is 573. The van der Waals surface area contributed by atoms with Crippen molar-refractivity contribution in [2.45, 2.75) is 20.3 Å². The van der Waals surface area contributed by atoms with Crippen molar-refractivity contribution in [3.63, 3.8) is 0 Å². The summed E-state index contributed by atoms with van der Waals surface area (Å²) in [5, 5.41) is 0. The second kappa shape index (κ2) is 5.05. The lowest BCUT2D eigenvalue weighted by atomic mass is 9.92. The molecule has 0 saturated carbocycles. The number of hydrogen-bond acceptors (Lipinski definition) is 2. The van der Waals surface area contributed by atoms with E-state index in [1.807, 2.05) is 37.3 Å². The lowest BCUT2D eigenvalue weighted by molar-refractivity contribution is -0.116. The molecule has 2 nitrogen and oxygen atoms in total. The van der Waals surface area contributed by atoms with Gasteiger partial charge in [0.05, 0.1) is 0 Å². The van der Waals surface area contributed by atoms with E-state index in [9.17, 15) is 4.79 Å². The number of rotatable bonds is 3. The third-order valence-electron chi connectivity index (χ3n) is 3.15. The maximum atomic E-state index is 11.4. The number of nitrogens with two attached hydrogens (primary N) is 1. The maximum Gasteiger partial charge on any atom is 0.134 e. The number of anilines is 1. The van der Waals surface area contributed by atoms with Crippen LogP contribution in [0.3, 0.4) is 0 Å². The summed E-state index contributed by atoms with van der Waals surface area (Å²) >= 11 is 0. The Morgan fingerprint density at radius 1 is 1.11 bits per heavy atom. The first kappa shape index (κ1) is 12.4.